The zero-order valence-corrected chi connectivity index (χ0v) is 42.2. The molecule has 0 aliphatic rings. The highest BCUT2D eigenvalue weighted by Crippen LogP contribution is 2.38. The Balaban J connectivity index is 4.29. The molecule has 0 saturated carbocycles. The summed E-state index contributed by atoms with van der Waals surface area (Å²) in [5.74, 6) is -0.207. The summed E-state index contributed by atoms with van der Waals surface area (Å²) in [4.78, 5) is 25.4. The zero-order valence-electron chi connectivity index (χ0n) is 41.3. The van der Waals surface area contributed by atoms with Crippen LogP contribution in [0.3, 0.4) is 0 Å². The van der Waals surface area contributed by atoms with Crippen LogP contribution in [0.15, 0.2) is 48.6 Å². The third-order valence-corrected chi connectivity index (χ3v) is 12.5. The standard InChI is InChI=1S/C53H101N2O6P/c1-6-8-10-12-14-16-18-20-22-24-25-26-27-28-29-31-32-34-36-38-40-42-44-46-52(56)51(50-61-62(58,59)60-49-48-55(3,4)5)54-53(57)47-45-43-41-39-37-35-33-30-23-21-19-17-15-13-11-9-7-2/h9,11,15,17,21,23,44,46,51-52,56H,6-8,10,12-14,16,18-20,22,24-43,45,47-50H2,1-5H3,(H-,54,57,58,59)/b11-9-,17-15-,23-21-,46-44+. The van der Waals surface area contributed by atoms with E-state index < -0.39 is 20.0 Å². The van der Waals surface area contributed by atoms with E-state index in [2.05, 4.69) is 55.6 Å². The van der Waals surface area contributed by atoms with Crippen molar-refractivity contribution in [3.8, 4) is 0 Å². The number of aliphatic hydroxyl groups excluding tert-OH is 1. The highest BCUT2D eigenvalue weighted by molar-refractivity contribution is 7.45. The lowest BCUT2D eigenvalue weighted by atomic mass is 10.0. The highest BCUT2D eigenvalue weighted by atomic mass is 31.2. The van der Waals surface area contributed by atoms with Crippen molar-refractivity contribution in [3.63, 3.8) is 0 Å². The number of allylic oxidation sites excluding steroid dienone is 7. The summed E-state index contributed by atoms with van der Waals surface area (Å²) in [6, 6.07) is -0.893. The summed E-state index contributed by atoms with van der Waals surface area (Å²) >= 11 is 0. The quantitative estimate of drug-likeness (QED) is 0.0273. The van der Waals surface area contributed by atoms with Crippen LogP contribution in [-0.4, -0.2) is 68.5 Å². The van der Waals surface area contributed by atoms with Gasteiger partial charge in [-0.1, -0.05) is 223 Å². The van der Waals surface area contributed by atoms with Crippen LogP contribution in [0, 0.1) is 0 Å². The van der Waals surface area contributed by atoms with E-state index in [-0.39, 0.29) is 19.1 Å². The van der Waals surface area contributed by atoms with E-state index in [0.29, 0.717) is 17.4 Å². The lowest BCUT2D eigenvalue weighted by molar-refractivity contribution is -0.870. The number of unbranched alkanes of at least 4 members (excludes halogenated alkanes) is 28. The van der Waals surface area contributed by atoms with Crippen LogP contribution in [0.1, 0.15) is 232 Å². The molecule has 0 rings (SSSR count). The van der Waals surface area contributed by atoms with Gasteiger partial charge in [0, 0.05) is 6.42 Å². The zero-order chi connectivity index (χ0) is 45.7. The number of likely N-dealkylation sites (N-methyl/N-ethyl adjacent to an activating group) is 1. The SMILES string of the molecule is CC/C=C\C/C=C\C/C=C\CCCCCCCCCC(=O)NC(COP(=O)([O-])OCC[N+](C)(C)C)C(O)/C=C/CCCCCCCCCCCCCCCCCCCCCCC. The van der Waals surface area contributed by atoms with E-state index in [4.69, 9.17) is 9.05 Å². The number of hydrogen-bond acceptors (Lipinski definition) is 6. The molecule has 0 aliphatic heterocycles. The van der Waals surface area contributed by atoms with E-state index in [0.717, 1.165) is 70.6 Å². The van der Waals surface area contributed by atoms with Gasteiger partial charge in [0.2, 0.25) is 5.91 Å². The second-order valence-corrected chi connectivity index (χ2v) is 20.3. The van der Waals surface area contributed by atoms with Crippen molar-refractivity contribution in [2.45, 2.75) is 244 Å². The van der Waals surface area contributed by atoms with Crippen molar-refractivity contribution < 1.29 is 32.9 Å². The van der Waals surface area contributed by atoms with Crippen LogP contribution < -0.4 is 10.2 Å². The molecular formula is C53H101N2O6P. The van der Waals surface area contributed by atoms with Gasteiger partial charge in [0.15, 0.2) is 0 Å². The molecule has 0 aliphatic carbocycles. The van der Waals surface area contributed by atoms with E-state index >= 15 is 0 Å². The Bertz CT molecular complexity index is 1150. The van der Waals surface area contributed by atoms with Gasteiger partial charge in [-0.05, 0) is 51.4 Å². The summed E-state index contributed by atoms with van der Waals surface area (Å²) in [6.07, 6.45) is 57.4. The van der Waals surface area contributed by atoms with Crippen LogP contribution >= 0.6 is 7.82 Å². The number of nitrogens with zero attached hydrogens (tertiary/aromatic N) is 1. The number of hydrogen-bond donors (Lipinski definition) is 2. The minimum atomic E-state index is -4.60. The van der Waals surface area contributed by atoms with Crippen LogP contribution in [0.2, 0.25) is 0 Å². The van der Waals surface area contributed by atoms with Gasteiger partial charge in [-0.15, -0.1) is 0 Å². The fourth-order valence-electron chi connectivity index (χ4n) is 7.46. The second kappa shape index (κ2) is 44.7. The number of carbonyl (C=O) groups excluding carboxylic acids is 1. The molecule has 1 amide bonds. The molecule has 0 saturated heterocycles. The first-order valence-electron chi connectivity index (χ1n) is 26.0. The van der Waals surface area contributed by atoms with Crippen molar-refractivity contribution in [2.24, 2.45) is 0 Å². The van der Waals surface area contributed by atoms with E-state index in [1.807, 2.05) is 27.2 Å². The second-order valence-electron chi connectivity index (χ2n) is 18.9. The molecule has 0 spiro atoms. The van der Waals surface area contributed by atoms with Gasteiger partial charge in [0.05, 0.1) is 39.9 Å². The number of phosphoric acid groups is 1. The Hall–Kier alpha value is -1.54. The Morgan fingerprint density at radius 3 is 1.44 bits per heavy atom. The Kier molecular flexibility index (Phi) is 43.5. The van der Waals surface area contributed by atoms with Crippen molar-refractivity contribution >= 4 is 13.7 Å². The Morgan fingerprint density at radius 1 is 0.581 bits per heavy atom. The van der Waals surface area contributed by atoms with Gasteiger partial charge in [0.1, 0.15) is 13.2 Å². The highest BCUT2D eigenvalue weighted by Gasteiger charge is 2.23. The Morgan fingerprint density at radius 2 is 0.984 bits per heavy atom. The van der Waals surface area contributed by atoms with Gasteiger partial charge < -0.3 is 28.8 Å². The molecule has 2 N–H and O–H groups in total. The molecule has 62 heavy (non-hydrogen) atoms. The number of amides is 1. The summed E-state index contributed by atoms with van der Waals surface area (Å²) in [5, 5.41) is 13.8. The summed E-state index contributed by atoms with van der Waals surface area (Å²) in [5.41, 5.74) is 0. The van der Waals surface area contributed by atoms with Crippen LogP contribution in [0.4, 0.5) is 0 Å². The molecule has 0 heterocycles. The molecule has 8 nitrogen and oxygen atoms in total. The third kappa shape index (κ3) is 46.5. The van der Waals surface area contributed by atoms with Crippen LogP contribution in [-0.2, 0) is 18.4 Å². The molecule has 3 unspecified atom stereocenters. The summed E-state index contributed by atoms with van der Waals surface area (Å²) in [7, 11) is 1.25. The number of nitrogens with one attached hydrogen (secondary N) is 1. The summed E-state index contributed by atoms with van der Waals surface area (Å²) < 4.78 is 23.3. The van der Waals surface area contributed by atoms with Crippen LogP contribution in [0.25, 0.3) is 0 Å². The maximum atomic E-state index is 12.9. The van der Waals surface area contributed by atoms with E-state index in [9.17, 15) is 19.4 Å². The fourth-order valence-corrected chi connectivity index (χ4v) is 8.19. The first-order chi connectivity index (χ1) is 30.0. The van der Waals surface area contributed by atoms with Crippen molar-refractivity contribution in [1.29, 1.82) is 0 Å². The molecular weight excluding hydrogens is 792 g/mol. The minimum Gasteiger partial charge on any atom is -0.756 e. The lowest BCUT2D eigenvalue weighted by Crippen LogP contribution is -2.45. The number of phosphoric ester groups is 1. The van der Waals surface area contributed by atoms with Crippen LogP contribution in [0.5, 0.6) is 0 Å². The predicted octanol–water partition coefficient (Wildman–Crippen LogP) is 14.6. The molecule has 9 heteroatoms. The van der Waals surface area contributed by atoms with Gasteiger partial charge in [-0.25, -0.2) is 0 Å². The van der Waals surface area contributed by atoms with Gasteiger partial charge in [-0.3, -0.25) is 9.36 Å². The van der Waals surface area contributed by atoms with Crippen molar-refractivity contribution in [2.75, 3.05) is 40.9 Å². The monoisotopic (exact) mass is 893 g/mol. The molecule has 3 atom stereocenters. The summed E-state index contributed by atoms with van der Waals surface area (Å²) in [6.45, 7) is 4.54. The fraction of sp³-hybridized carbons (Fsp3) is 0.830. The van der Waals surface area contributed by atoms with Gasteiger partial charge >= 0.3 is 0 Å². The average Bonchev–Trinajstić information content (AvgIpc) is 3.23. The van der Waals surface area contributed by atoms with Crippen molar-refractivity contribution in [1.82, 2.24) is 5.32 Å². The average molecular weight is 893 g/mol. The predicted molar refractivity (Wildman–Crippen MR) is 265 cm³/mol. The third-order valence-electron chi connectivity index (χ3n) is 11.5. The number of quaternary nitrogens is 1. The van der Waals surface area contributed by atoms with E-state index in [1.54, 1.807) is 6.08 Å². The smallest absolute Gasteiger partial charge is 0.268 e. The lowest BCUT2D eigenvalue weighted by Gasteiger charge is -2.29. The van der Waals surface area contributed by atoms with Gasteiger partial charge in [0.25, 0.3) is 7.82 Å². The molecule has 0 aromatic heterocycles. The molecule has 0 aromatic carbocycles. The molecule has 0 aromatic rings. The topological polar surface area (TPSA) is 108 Å². The van der Waals surface area contributed by atoms with Crippen molar-refractivity contribution in [3.05, 3.63) is 48.6 Å². The van der Waals surface area contributed by atoms with E-state index in [1.165, 1.54) is 141 Å². The maximum Gasteiger partial charge on any atom is 0.268 e. The Labute approximate surface area is 384 Å². The first kappa shape index (κ1) is 60.5. The normalized spacial score (nSPS) is 14.5. The molecule has 364 valence electrons. The largest absolute Gasteiger partial charge is 0.756 e. The number of aliphatic hydroxyl groups is 1. The first-order valence-corrected chi connectivity index (χ1v) is 27.5. The minimum absolute atomic E-state index is 0.00421. The molecule has 0 bridgehead atoms. The van der Waals surface area contributed by atoms with Gasteiger partial charge in [-0.2, -0.15) is 0 Å². The molecule has 0 fully saturated rings. The molecule has 0 radical (unpaired) electrons. The number of rotatable bonds is 47. The maximum absolute atomic E-state index is 12.9. The number of carbonyl (C=O) groups is 1.